The number of phenols is 1. The zero-order valence-electron chi connectivity index (χ0n) is 14.0. The minimum absolute atomic E-state index is 0.0144. The molecule has 4 aromatic rings. The second-order valence-electron chi connectivity index (χ2n) is 5.95. The largest absolute Gasteiger partial charge is 0.508 e. The molecule has 0 aliphatic carbocycles. The molecule has 0 aliphatic heterocycles. The minimum Gasteiger partial charge on any atom is -0.508 e. The van der Waals surface area contributed by atoms with Crippen molar-refractivity contribution in [3.05, 3.63) is 68.0 Å². The number of nitrogens with one attached hydrogen (secondary N) is 1. The molecule has 0 bridgehead atoms. The quantitative estimate of drug-likeness (QED) is 0.499. The topological polar surface area (TPSA) is 109 Å². The van der Waals surface area contributed by atoms with Crippen LogP contribution in [0.4, 0.5) is 13.2 Å². The summed E-state index contributed by atoms with van der Waals surface area (Å²) >= 11 is 6.15. The van der Waals surface area contributed by atoms with Gasteiger partial charge in [-0.25, -0.2) is 4.79 Å². The third-order valence-electron chi connectivity index (χ3n) is 4.09. The fourth-order valence-electron chi connectivity index (χ4n) is 2.85. The van der Waals surface area contributed by atoms with Crippen LogP contribution in [0.15, 0.2) is 54.9 Å². The molecule has 0 radical (unpaired) electrons. The van der Waals surface area contributed by atoms with Gasteiger partial charge in [-0.05, 0) is 18.2 Å². The van der Waals surface area contributed by atoms with Crippen LogP contribution in [-0.4, -0.2) is 15.2 Å². The molecule has 2 aromatic carbocycles. The Morgan fingerprint density at radius 3 is 2.48 bits per heavy atom. The number of fused-ring (bicyclic) bond motifs is 1. The molecular formula is C18H8ClF3N2O5. The molecule has 0 atom stereocenters. The Balaban J connectivity index is 2.00. The van der Waals surface area contributed by atoms with Gasteiger partial charge in [-0.3, -0.25) is 14.3 Å². The summed E-state index contributed by atoms with van der Waals surface area (Å²) in [5.41, 5.74) is -2.13. The van der Waals surface area contributed by atoms with Crippen LogP contribution >= 0.6 is 11.6 Å². The number of rotatable bonds is 2. The Morgan fingerprint density at radius 2 is 1.86 bits per heavy atom. The molecule has 0 saturated heterocycles. The highest BCUT2D eigenvalue weighted by atomic mass is 35.5. The Morgan fingerprint density at radius 1 is 1.10 bits per heavy atom. The van der Waals surface area contributed by atoms with Crippen molar-refractivity contribution in [2.24, 2.45) is 0 Å². The molecule has 0 fully saturated rings. The molecule has 0 spiro atoms. The fraction of sp³-hybridized carbons (Fsp3) is 0.0556. The summed E-state index contributed by atoms with van der Waals surface area (Å²) in [7, 11) is 0. The van der Waals surface area contributed by atoms with Crippen LogP contribution in [0.1, 0.15) is 5.76 Å². The summed E-state index contributed by atoms with van der Waals surface area (Å²) in [5, 5.41) is 12.6. The van der Waals surface area contributed by atoms with Crippen molar-refractivity contribution in [1.29, 1.82) is 0 Å². The van der Waals surface area contributed by atoms with Crippen LogP contribution in [0.3, 0.4) is 0 Å². The van der Waals surface area contributed by atoms with Gasteiger partial charge in [0.25, 0.3) is 0 Å². The van der Waals surface area contributed by atoms with E-state index < -0.39 is 34.3 Å². The van der Waals surface area contributed by atoms with Crippen LogP contribution in [0.5, 0.6) is 5.75 Å². The molecule has 0 saturated carbocycles. The second kappa shape index (κ2) is 6.52. The Hall–Kier alpha value is -3.53. The Labute approximate surface area is 162 Å². The number of aromatic nitrogens is 2. The van der Waals surface area contributed by atoms with E-state index in [1.54, 1.807) is 0 Å². The van der Waals surface area contributed by atoms with E-state index in [-0.39, 0.29) is 33.1 Å². The lowest BCUT2D eigenvalue weighted by molar-refractivity contribution is -0.152. The van der Waals surface area contributed by atoms with Gasteiger partial charge >= 0.3 is 11.9 Å². The van der Waals surface area contributed by atoms with Gasteiger partial charge in [-0.2, -0.15) is 13.2 Å². The van der Waals surface area contributed by atoms with Crippen molar-refractivity contribution in [2.45, 2.75) is 6.18 Å². The van der Waals surface area contributed by atoms with Gasteiger partial charge in [0.05, 0.1) is 10.9 Å². The van der Waals surface area contributed by atoms with Gasteiger partial charge in [0.2, 0.25) is 11.2 Å². The van der Waals surface area contributed by atoms with E-state index >= 15 is 0 Å². The van der Waals surface area contributed by atoms with E-state index in [0.29, 0.717) is 0 Å². The van der Waals surface area contributed by atoms with Crippen LogP contribution < -0.4 is 11.2 Å². The smallest absolute Gasteiger partial charge is 0.450 e. The molecule has 0 aliphatic rings. The van der Waals surface area contributed by atoms with E-state index in [4.69, 9.17) is 16.0 Å². The fourth-order valence-corrected chi connectivity index (χ4v) is 3.12. The maximum absolute atomic E-state index is 13.6. The maximum atomic E-state index is 13.6. The summed E-state index contributed by atoms with van der Waals surface area (Å²) in [6, 6.07) is 6.95. The lowest BCUT2D eigenvalue weighted by Gasteiger charge is -2.14. The second-order valence-corrected chi connectivity index (χ2v) is 6.36. The van der Waals surface area contributed by atoms with Crippen molar-refractivity contribution in [3.63, 3.8) is 0 Å². The van der Waals surface area contributed by atoms with Gasteiger partial charge < -0.3 is 9.52 Å². The molecule has 0 amide bonds. The monoisotopic (exact) mass is 424 g/mol. The first-order chi connectivity index (χ1) is 13.6. The predicted molar refractivity (Wildman–Crippen MR) is 95.7 cm³/mol. The van der Waals surface area contributed by atoms with Crippen molar-refractivity contribution >= 4 is 22.6 Å². The van der Waals surface area contributed by atoms with E-state index in [0.717, 1.165) is 18.2 Å². The van der Waals surface area contributed by atoms with E-state index in [2.05, 4.69) is 14.7 Å². The molecule has 2 aromatic heterocycles. The molecule has 2 heterocycles. The van der Waals surface area contributed by atoms with Gasteiger partial charge in [-0.1, -0.05) is 28.9 Å². The highest BCUT2D eigenvalue weighted by molar-refractivity contribution is 6.33. The van der Waals surface area contributed by atoms with Crippen LogP contribution in [0, 0.1) is 0 Å². The molecule has 148 valence electrons. The number of halogens is 4. The number of alkyl halides is 3. The van der Waals surface area contributed by atoms with E-state index in [1.165, 1.54) is 18.2 Å². The highest BCUT2D eigenvalue weighted by Gasteiger charge is 2.40. The Kier molecular flexibility index (Phi) is 4.23. The third-order valence-corrected chi connectivity index (χ3v) is 4.40. The number of H-pyrrole nitrogens is 1. The number of hydrogen-bond donors (Lipinski definition) is 2. The number of aromatic hydroxyl groups is 1. The van der Waals surface area contributed by atoms with Gasteiger partial charge in [0.15, 0.2) is 5.82 Å². The highest BCUT2D eigenvalue weighted by Crippen LogP contribution is 2.40. The standard InChI is InChI=1S/C18H8ClF3N2O5/c19-11-5-7(16-23-17(27)29-24-16)1-3-9(11)13-14(26)10-4-2-8(25)6-12(10)28-15(13)18(20,21)22/h1-6,25H,(H,23,24,27). The molecule has 29 heavy (non-hydrogen) atoms. The van der Waals surface area contributed by atoms with Gasteiger partial charge in [0, 0.05) is 22.2 Å². The molecular weight excluding hydrogens is 417 g/mol. The summed E-state index contributed by atoms with van der Waals surface area (Å²) < 4.78 is 50.2. The van der Waals surface area contributed by atoms with Crippen molar-refractivity contribution in [2.75, 3.05) is 0 Å². The third kappa shape index (κ3) is 3.27. The SMILES string of the molecule is O=c1[nH]c(-c2ccc(-c3c(C(F)(F)F)oc4cc(O)ccc4c3=O)c(Cl)c2)no1. The lowest BCUT2D eigenvalue weighted by Crippen LogP contribution is -2.16. The summed E-state index contributed by atoms with van der Waals surface area (Å²) in [6.45, 7) is 0. The molecule has 2 N–H and O–H groups in total. The van der Waals surface area contributed by atoms with Crippen molar-refractivity contribution < 1.29 is 27.2 Å². The van der Waals surface area contributed by atoms with Gasteiger partial charge in [-0.15, -0.1) is 0 Å². The number of nitrogens with zero attached hydrogens (tertiary/aromatic N) is 1. The summed E-state index contributed by atoms with van der Waals surface area (Å²) in [6.07, 6.45) is -5.01. The van der Waals surface area contributed by atoms with E-state index in [9.17, 15) is 27.9 Å². The summed E-state index contributed by atoms with van der Waals surface area (Å²) in [5.74, 6) is -2.71. The first-order valence-electron chi connectivity index (χ1n) is 7.88. The normalized spacial score (nSPS) is 11.9. The van der Waals surface area contributed by atoms with Crippen molar-refractivity contribution in [1.82, 2.24) is 10.1 Å². The summed E-state index contributed by atoms with van der Waals surface area (Å²) in [4.78, 5) is 26.2. The molecule has 11 heteroatoms. The molecule has 4 rings (SSSR count). The Bertz CT molecular complexity index is 1370. The predicted octanol–water partition coefficient (Wildman–Crippen LogP) is 4.18. The van der Waals surface area contributed by atoms with Crippen LogP contribution in [0.2, 0.25) is 5.02 Å². The average molecular weight is 425 g/mol. The first kappa shape index (κ1) is 18.8. The number of benzene rings is 2. The average Bonchev–Trinajstić information content (AvgIpc) is 3.07. The number of hydrogen-bond acceptors (Lipinski definition) is 6. The van der Waals surface area contributed by atoms with Gasteiger partial charge in [0.1, 0.15) is 11.3 Å². The molecule has 0 unspecified atom stereocenters. The first-order valence-corrected chi connectivity index (χ1v) is 8.26. The van der Waals surface area contributed by atoms with E-state index in [1.807, 2.05) is 0 Å². The molecule has 7 nitrogen and oxygen atoms in total. The minimum atomic E-state index is -5.01. The van der Waals surface area contributed by atoms with Crippen LogP contribution in [0.25, 0.3) is 33.5 Å². The number of phenolic OH excluding ortho intramolecular Hbond substituents is 1. The lowest BCUT2D eigenvalue weighted by atomic mass is 10.00. The number of aromatic amines is 1. The van der Waals surface area contributed by atoms with Crippen LogP contribution in [-0.2, 0) is 6.18 Å². The van der Waals surface area contributed by atoms with Crippen molar-refractivity contribution in [3.8, 4) is 28.3 Å². The zero-order valence-corrected chi connectivity index (χ0v) is 14.8. The zero-order chi connectivity index (χ0) is 20.9. The maximum Gasteiger partial charge on any atom is 0.450 e.